The molecule has 0 unspecified atom stereocenters. The van der Waals surface area contributed by atoms with Gasteiger partial charge in [0.25, 0.3) is 0 Å². The van der Waals surface area contributed by atoms with Crippen molar-refractivity contribution in [2.45, 2.75) is 31.7 Å². The van der Waals surface area contributed by atoms with Gasteiger partial charge in [-0.3, -0.25) is 19.4 Å². The van der Waals surface area contributed by atoms with Crippen molar-refractivity contribution in [2.24, 2.45) is 0 Å². The molecule has 180 valence electrons. The molecule has 0 bridgehead atoms. The van der Waals surface area contributed by atoms with Gasteiger partial charge in [0, 0.05) is 74.9 Å². The lowest BCUT2D eigenvalue weighted by molar-refractivity contribution is -0.136. The number of carbonyl (C=O) groups is 2. The lowest BCUT2D eigenvalue weighted by Crippen LogP contribution is -2.56. The second kappa shape index (κ2) is 11.5. The first-order valence-corrected chi connectivity index (χ1v) is 12.8. The second-order valence-corrected chi connectivity index (χ2v) is 10.1. The summed E-state index contributed by atoms with van der Waals surface area (Å²) < 4.78 is 6.35. The summed E-state index contributed by atoms with van der Waals surface area (Å²) in [6.45, 7) is 7.05. The van der Waals surface area contributed by atoms with Crippen molar-refractivity contribution in [1.29, 1.82) is 0 Å². The quantitative estimate of drug-likeness (QED) is 0.555. The van der Waals surface area contributed by atoms with Crippen molar-refractivity contribution in [3.05, 3.63) is 34.3 Å². The Labute approximate surface area is 205 Å². The van der Waals surface area contributed by atoms with Crippen molar-refractivity contribution < 1.29 is 14.3 Å². The third-order valence-electron chi connectivity index (χ3n) is 7.12. The number of ether oxygens (including phenoxy) is 1. The highest BCUT2D eigenvalue weighted by Crippen LogP contribution is 2.26. The van der Waals surface area contributed by atoms with E-state index in [4.69, 9.17) is 4.74 Å². The zero-order chi connectivity index (χ0) is 23.2. The molecule has 0 spiro atoms. The molecule has 0 N–H and O–H groups in total. The SMILES string of the molecule is COc1ccc(Br)cc1/C=C/CC(=O)N1CCN(CC(=O)N2CCN(C3CCC3)CC2)CC1. The van der Waals surface area contributed by atoms with Crippen LogP contribution in [-0.4, -0.2) is 103 Å². The summed E-state index contributed by atoms with van der Waals surface area (Å²) in [5.74, 6) is 1.14. The van der Waals surface area contributed by atoms with E-state index in [1.165, 1.54) is 19.3 Å². The fourth-order valence-corrected chi connectivity index (χ4v) is 5.17. The van der Waals surface area contributed by atoms with Crippen LogP contribution >= 0.6 is 15.9 Å². The van der Waals surface area contributed by atoms with Gasteiger partial charge in [-0.15, -0.1) is 0 Å². The van der Waals surface area contributed by atoms with Crippen LogP contribution in [0, 0.1) is 0 Å². The predicted molar refractivity (Wildman–Crippen MR) is 133 cm³/mol. The molecule has 2 amide bonds. The van der Waals surface area contributed by atoms with Gasteiger partial charge in [-0.1, -0.05) is 34.5 Å². The smallest absolute Gasteiger partial charge is 0.236 e. The minimum absolute atomic E-state index is 0.123. The van der Waals surface area contributed by atoms with Crippen LogP contribution in [0.3, 0.4) is 0 Å². The van der Waals surface area contributed by atoms with E-state index in [2.05, 4.69) is 25.7 Å². The first-order valence-electron chi connectivity index (χ1n) is 12.1. The Morgan fingerprint density at radius 2 is 1.67 bits per heavy atom. The molecule has 8 heteroatoms. The number of carbonyl (C=O) groups excluding carboxylic acids is 2. The molecule has 0 aromatic heterocycles. The van der Waals surface area contributed by atoms with Crippen LogP contribution in [-0.2, 0) is 9.59 Å². The Morgan fingerprint density at radius 3 is 2.30 bits per heavy atom. The number of benzene rings is 1. The molecule has 1 saturated carbocycles. The van der Waals surface area contributed by atoms with Gasteiger partial charge in [-0.05, 0) is 31.0 Å². The molecular formula is C25H35BrN4O3. The highest BCUT2D eigenvalue weighted by atomic mass is 79.9. The summed E-state index contributed by atoms with van der Waals surface area (Å²) in [7, 11) is 1.64. The van der Waals surface area contributed by atoms with Crippen LogP contribution < -0.4 is 4.74 Å². The zero-order valence-electron chi connectivity index (χ0n) is 19.5. The van der Waals surface area contributed by atoms with Crippen molar-refractivity contribution in [2.75, 3.05) is 66.0 Å². The highest BCUT2D eigenvalue weighted by molar-refractivity contribution is 9.10. The van der Waals surface area contributed by atoms with Gasteiger partial charge < -0.3 is 14.5 Å². The van der Waals surface area contributed by atoms with Gasteiger partial charge in [0.2, 0.25) is 11.8 Å². The van der Waals surface area contributed by atoms with Crippen molar-refractivity contribution in [3.8, 4) is 5.75 Å². The summed E-state index contributed by atoms with van der Waals surface area (Å²) >= 11 is 3.47. The van der Waals surface area contributed by atoms with Crippen LogP contribution in [0.4, 0.5) is 0 Å². The third-order valence-corrected chi connectivity index (χ3v) is 7.62. The number of hydrogen-bond acceptors (Lipinski definition) is 5. The molecule has 4 rings (SSSR count). The van der Waals surface area contributed by atoms with E-state index in [9.17, 15) is 9.59 Å². The molecule has 7 nitrogen and oxygen atoms in total. The molecule has 33 heavy (non-hydrogen) atoms. The van der Waals surface area contributed by atoms with Crippen LogP contribution in [0.25, 0.3) is 6.08 Å². The molecule has 1 aromatic carbocycles. The molecule has 3 aliphatic rings. The lowest BCUT2D eigenvalue weighted by atomic mass is 9.91. The Bertz CT molecular complexity index is 857. The average molecular weight is 519 g/mol. The first-order chi connectivity index (χ1) is 16.0. The van der Waals surface area contributed by atoms with Gasteiger partial charge in [0.1, 0.15) is 5.75 Å². The third kappa shape index (κ3) is 6.37. The summed E-state index contributed by atoms with van der Waals surface area (Å²) in [4.78, 5) is 34.1. The molecule has 0 radical (unpaired) electrons. The Hall–Kier alpha value is -1.90. The van der Waals surface area contributed by atoms with Gasteiger partial charge in [-0.25, -0.2) is 0 Å². The lowest BCUT2D eigenvalue weighted by Gasteiger charge is -2.43. The minimum Gasteiger partial charge on any atom is -0.496 e. The van der Waals surface area contributed by atoms with Crippen molar-refractivity contribution >= 4 is 33.8 Å². The van der Waals surface area contributed by atoms with E-state index in [1.807, 2.05) is 40.2 Å². The van der Waals surface area contributed by atoms with E-state index in [0.717, 1.165) is 61.1 Å². The number of methoxy groups -OCH3 is 1. The zero-order valence-corrected chi connectivity index (χ0v) is 21.1. The number of amides is 2. The first kappa shape index (κ1) is 24.2. The summed E-state index contributed by atoms with van der Waals surface area (Å²) in [5, 5.41) is 0. The van der Waals surface area contributed by atoms with Gasteiger partial charge in [0.05, 0.1) is 13.7 Å². The normalized spacial score (nSPS) is 20.8. The Kier molecular flexibility index (Phi) is 8.44. The Balaban J connectivity index is 1.17. The molecular weight excluding hydrogens is 484 g/mol. The number of hydrogen-bond donors (Lipinski definition) is 0. The standard InChI is InChI=1S/C25H35BrN4O3/c1-33-23-9-8-21(26)18-20(23)4-2-7-24(31)29-12-10-27(11-13-29)19-25(32)30-16-14-28(15-17-30)22-5-3-6-22/h2,4,8-9,18,22H,3,5-7,10-17,19H2,1H3/b4-2+. The maximum absolute atomic E-state index is 12.8. The number of piperazine rings is 2. The van der Waals surface area contributed by atoms with Crippen LogP contribution in [0.5, 0.6) is 5.75 Å². The van der Waals surface area contributed by atoms with Crippen molar-refractivity contribution in [1.82, 2.24) is 19.6 Å². The van der Waals surface area contributed by atoms with Gasteiger partial charge in [-0.2, -0.15) is 0 Å². The maximum atomic E-state index is 12.8. The fraction of sp³-hybridized carbons (Fsp3) is 0.600. The maximum Gasteiger partial charge on any atom is 0.236 e. The molecule has 2 saturated heterocycles. The van der Waals surface area contributed by atoms with Crippen LogP contribution in [0.15, 0.2) is 28.7 Å². The number of rotatable bonds is 7. The van der Waals surface area contributed by atoms with E-state index in [0.29, 0.717) is 26.1 Å². The van der Waals surface area contributed by atoms with E-state index < -0.39 is 0 Å². The van der Waals surface area contributed by atoms with Gasteiger partial charge in [0.15, 0.2) is 0 Å². The molecule has 1 aromatic rings. The minimum atomic E-state index is 0.123. The number of nitrogens with zero attached hydrogens (tertiary/aromatic N) is 4. The summed E-state index contributed by atoms with van der Waals surface area (Å²) in [5.41, 5.74) is 0.941. The monoisotopic (exact) mass is 518 g/mol. The Morgan fingerprint density at radius 1 is 1.00 bits per heavy atom. The fourth-order valence-electron chi connectivity index (χ4n) is 4.79. The second-order valence-electron chi connectivity index (χ2n) is 9.15. The highest BCUT2D eigenvalue weighted by Gasteiger charge is 2.30. The topological polar surface area (TPSA) is 56.3 Å². The summed E-state index contributed by atoms with van der Waals surface area (Å²) in [6, 6.07) is 6.57. The molecule has 3 fully saturated rings. The number of halogens is 1. The van der Waals surface area contributed by atoms with Crippen LogP contribution in [0.2, 0.25) is 0 Å². The van der Waals surface area contributed by atoms with Gasteiger partial charge >= 0.3 is 0 Å². The predicted octanol–water partition coefficient (Wildman–Crippen LogP) is 2.70. The molecule has 2 aliphatic heterocycles. The largest absolute Gasteiger partial charge is 0.496 e. The van der Waals surface area contributed by atoms with E-state index >= 15 is 0 Å². The summed E-state index contributed by atoms with van der Waals surface area (Å²) in [6.07, 6.45) is 8.19. The van der Waals surface area contributed by atoms with Crippen LogP contribution in [0.1, 0.15) is 31.2 Å². The molecule has 2 heterocycles. The van der Waals surface area contributed by atoms with E-state index in [-0.39, 0.29) is 11.8 Å². The van der Waals surface area contributed by atoms with Crippen molar-refractivity contribution in [3.63, 3.8) is 0 Å². The molecule has 0 atom stereocenters. The molecule has 1 aliphatic carbocycles. The average Bonchev–Trinajstić information content (AvgIpc) is 2.79. The van der Waals surface area contributed by atoms with E-state index in [1.54, 1.807) is 7.11 Å².